The maximum absolute atomic E-state index is 11.1. The van der Waals surface area contributed by atoms with E-state index < -0.39 is 0 Å². The second-order valence-electron chi connectivity index (χ2n) is 5.12. The van der Waals surface area contributed by atoms with E-state index in [0.717, 1.165) is 45.7 Å². The number of aryl methyl sites for hydroxylation is 1. The second kappa shape index (κ2) is 7.71. The maximum atomic E-state index is 11.1. The molecule has 1 aliphatic heterocycles. The lowest BCUT2D eigenvalue weighted by molar-refractivity contribution is -0.141. The number of carbonyl (C=O) groups excluding carboxylic acids is 1. The van der Waals surface area contributed by atoms with Crippen molar-refractivity contribution in [2.24, 2.45) is 0 Å². The number of esters is 1. The van der Waals surface area contributed by atoms with E-state index in [-0.39, 0.29) is 5.97 Å². The molecule has 1 fully saturated rings. The van der Waals surface area contributed by atoms with Crippen LogP contribution < -0.4 is 0 Å². The Bertz CT molecular complexity index is 428. The number of aromatic nitrogens is 1. The number of nitrogens with zero attached hydrogens (tertiary/aromatic N) is 3. The molecule has 2 heterocycles. The number of hydrogen-bond donors (Lipinski definition) is 0. The molecule has 0 amide bonds. The Kier molecular flexibility index (Phi) is 5.94. The minimum atomic E-state index is -0.117. The molecule has 0 aliphatic carbocycles. The summed E-state index contributed by atoms with van der Waals surface area (Å²) in [6.07, 6.45) is 1.59. The molecular formula is C14H23N3O2S. The largest absolute Gasteiger partial charge is 0.469 e. The summed E-state index contributed by atoms with van der Waals surface area (Å²) in [5.41, 5.74) is 3.10. The Labute approximate surface area is 124 Å². The molecule has 0 radical (unpaired) electrons. The van der Waals surface area contributed by atoms with E-state index in [2.05, 4.69) is 26.4 Å². The average molecular weight is 297 g/mol. The van der Waals surface area contributed by atoms with Crippen molar-refractivity contribution >= 4 is 17.3 Å². The van der Waals surface area contributed by atoms with Crippen LogP contribution in [-0.2, 0) is 16.0 Å². The highest BCUT2D eigenvalue weighted by Crippen LogP contribution is 2.14. The predicted molar refractivity (Wildman–Crippen MR) is 80.1 cm³/mol. The van der Waals surface area contributed by atoms with Gasteiger partial charge in [0.25, 0.3) is 0 Å². The van der Waals surface area contributed by atoms with Gasteiger partial charge in [0.05, 0.1) is 24.7 Å². The molecule has 0 saturated carbocycles. The van der Waals surface area contributed by atoms with Crippen molar-refractivity contribution < 1.29 is 9.53 Å². The molecule has 0 aromatic carbocycles. The molecule has 0 bridgehead atoms. The van der Waals surface area contributed by atoms with Gasteiger partial charge in [-0.3, -0.25) is 4.79 Å². The Morgan fingerprint density at radius 1 is 1.30 bits per heavy atom. The second-order valence-corrected chi connectivity index (χ2v) is 6.06. The maximum Gasteiger partial charge on any atom is 0.306 e. The number of rotatable bonds is 6. The summed E-state index contributed by atoms with van der Waals surface area (Å²) in [4.78, 5) is 21.6. The van der Waals surface area contributed by atoms with Crippen LogP contribution in [-0.4, -0.2) is 67.1 Å². The third kappa shape index (κ3) is 4.54. The summed E-state index contributed by atoms with van der Waals surface area (Å²) in [7, 11) is 1.45. The number of piperazine rings is 1. The molecular weight excluding hydrogens is 274 g/mol. The lowest BCUT2D eigenvalue weighted by Gasteiger charge is -2.34. The highest BCUT2D eigenvalue weighted by molar-refractivity contribution is 7.09. The number of ether oxygens (including phenoxy) is 1. The molecule has 5 nitrogen and oxygen atoms in total. The monoisotopic (exact) mass is 297 g/mol. The van der Waals surface area contributed by atoms with Crippen molar-refractivity contribution in [3.05, 3.63) is 16.1 Å². The van der Waals surface area contributed by atoms with Crippen LogP contribution in [0.2, 0.25) is 0 Å². The summed E-state index contributed by atoms with van der Waals surface area (Å²) in [5, 5.41) is 0. The quantitative estimate of drug-likeness (QED) is 0.738. The van der Waals surface area contributed by atoms with E-state index in [1.807, 2.05) is 5.51 Å². The van der Waals surface area contributed by atoms with E-state index in [0.29, 0.717) is 6.42 Å². The van der Waals surface area contributed by atoms with Crippen LogP contribution >= 0.6 is 11.3 Å². The topological polar surface area (TPSA) is 45.7 Å². The normalized spacial score (nSPS) is 17.3. The molecule has 1 aromatic heterocycles. The number of thiazole rings is 1. The fraction of sp³-hybridized carbons (Fsp3) is 0.714. The zero-order valence-electron chi connectivity index (χ0n) is 12.3. The minimum Gasteiger partial charge on any atom is -0.469 e. The van der Waals surface area contributed by atoms with Gasteiger partial charge in [-0.2, -0.15) is 0 Å². The van der Waals surface area contributed by atoms with Crippen LogP contribution in [0.4, 0.5) is 0 Å². The number of methoxy groups -OCH3 is 1. The molecule has 112 valence electrons. The molecule has 1 aromatic rings. The lowest BCUT2D eigenvalue weighted by atomic mass is 10.2. The minimum absolute atomic E-state index is 0.117. The smallest absolute Gasteiger partial charge is 0.306 e. The summed E-state index contributed by atoms with van der Waals surface area (Å²) >= 11 is 1.75. The summed E-state index contributed by atoms with van der Waals surface area (Å²) in [5.74, 6) is -0.117. The zero-order valence-corrected chi connectivity index (χ0v) is 13.1. The first-order valence-electron chi connectivity index (χ1n) is 7.09. The van der Waals surface area contributed by atoms with Gasteiger partial charge in [-0.15, -0.1) is 11.3 Å². The van der Waals surface area contributed by atoms with Crippen molar-refractivity contribution in [3.8, 4) is 0 Å². The van der Waals surface area contributed by atoms with Gasteiger partial charge in [0, 0.05) is 44.1 Å². The van der Waals surface area contributed by atoms with Crippen LogP contribution in [0.1, 0.15) is 17.0 Å². The Hall–Kier alpha value is -0.980. The van der Waals surface area contributed by atoms with E-state index >= 15 is 0 Å². The summed E-state index contributed by atoms with van der Waals surface area (Å²) in [6.45, 7) is 8.24. The molecule has 6 heteroatoms. The fourth-order valence-corrected chi connectivity index (χ4v) is 3.18. The van der Waals surface area contributed by atoms with Gasteiger partial charge in [-0.1, -0.05) is 0 Å². The molecule has 2 rings (SSSR count). The Balaban J connectivity index is 1.64. The van der Waals surface area contributed by atoms with Crippen molar-refractivity contribution in [1.29, 1.82) is 0 Å². The van der Waals surface area contributed by atoms with Gasteiger partial charge in [0.2, 0.25) is 0 Å². The van der Waals surface area contributed by atoms with Gasteiger partial charge in [0.1, 0.15) is 0 Å². The molecule has 0 spiro atoms. The first kappa shape index (κ1) is 15.4. The third-order valence-electron chi connectivity index (χ3n) is 3.82. The Morgan fingerprint density at radius 3 is 2.50 bits per heavy atom. The molecule has 0 unspecified atom stereocenters. The van der Waals surface area contributed by atoms with Crippen molar-refractivity contribution in [3.63, 3.8) is 0 Å². The van der Waals surface area contributed by atoms with Gasteiger partial charge >= 0.3 is 5.97 Å². The van der Waals surface area contributed by atoms with Crippen LogP contribution in [0.3, 0.4) is 0 Å². The van der Waals surface area contributed by atoms with Crippen molar-refractivity contribution in [2.75, 3.05) is 46.4 Å². The van der Waals surface area contributed by atoms with Crippen molar-refractivity contribution in [2.45, 2.75) is 19.8 Å². The van der Waals surface area contributed by atoms with Crippen molar-refractivity contribution in [1.82, 2.24) is 14.8 Å². The fourth-order valence-electron chi connectivity index (χ4n) is 2.41. The van der Waals surface area contributed by atoms with Gasteiger partial charge < -0.3 is 14.5 Å². The highest BCUT2D eigenvalue weighted by Gasteiger charge is 2.17. The highest BCUT2D eigenvalue weighted by atomic mass is 32.1. The number of hydrogen-bond acceptors (Lipinski definition) is 6. The first-order chi connectivity index (χ1) is 9.69. The number of carbonyl (C=O) groups is 1. The first-order valence-corrected chi connectivity index (χ1v) is 7.97. The predicted octanol–water partition coefficient (Wildman–Crippen LogP) is 1.17. The van der Waals surface area contributed by atoms with Crippen LogP contribution in [0, 0.1) is 6.92 Å². The van der Waals surface area contributed by atoms with E-state index in [1.54, 1.807) is 11.3 Å². The van der Waals surface area contributed by atoms with Gasteiger partial charge in [-0.25, -0.2) is 4.98 Å². The standard InChI is InChI=1S/C14H23N3O2S/c1-12-13(20-11-15-12)3-5-16-7-9-17(10-8-16)6-4-14(18)19-2/h11H,3-10H2,1-2H3. The Morgan fingerprint density at radius 2 is 1.95 bits per heavy atom. The molecule has 1 saturated heterocycles. The van der Waals surface area contributed by atoms with Gasteiger partial charge in [-0.05, 0) is 13.3 Å². The molecule has 1 aliphatic rings. The van der Waals surface area contributed by atoms with Gasteiger partial charge in [0.15, 0.2) is 0 Å². The van der Waals surface area contributed by atoms with E-state index in [1.165, 1.54) is 17.7 Å². The van der Waals surface area contributed by atoms with Crippen LogP contribution in [0.15, 0.2) is 5.51 Å². The lowest BCUT2D eigenvalue weighted by Crippen LogP contribution is -2.47. The molecule has 20 heavy (non-hydrogen) atoms. The van der Waals surface area contributed by atoms with Crippen LogP contribution in [0.25, 0.3) is 0 Å². The summed E-state index contributed by atoms with van der Waals surface area (Å²) < 4.78 is 4.67. The SMILES string of the molecule is COC(=O)CCN1CCN(CCc2scnc2C)CC1. The zero-order chi connectivity index (χ0) is 14.4. The average Bonchev–Trinajstić information content (AvgIpc) is 2.89. The third-order valence-corrected chi connectivity index (χ3v) is 4.82. The van der Waals surface area contributed by atoms with E-state index in [9.17, 15) is 4.79 Å². The summed E-state index contributed by atoms with van der Waals surface area (Å²) in [6, 6.07) is 0. The van der Waals surface area contributed by atoms with Crippen LogP contribution in [0.5, 0.6) is 0 Å². The molecule has 0 atom stereocenters. The van der Waals surface area contributed by atoms with E-state index in [4.69, 9.17) is 0 Å². The molecule has 0 N–H and O–H groups in total.